The second-order valence-corrected chi connectivity index (χ2v) is 6.39. The number of nitrogens with zero attached hydrogens (tertiary/aromatic N) is 1. The van der Waals surface area contributed by atoms with Crippen molar-refractivity contribution in [1.82, 2.24) is 4.98 Å². The van der Waals surface area contributed by atoms with Gasteiger partial charge in [0.15, 0.2) is 10.8 Å². The number of carbonyl (C=O) groups is 1. The number of carbonyl (C=O) groups excluding carboxylic acids is 1. The Morgan fingerprint density at radius 1 is 1.17 bits per heavy atom. The van der Waals surface area contributed by atoms with E-state index in [4.69, 9.17) is 0 Å². The van der Waals surface area contributed by atoms with Gasteiger partial charge in [-0.25, -0.2) is 4.98 Å². The number of aromatic nitrogens is 1. The number of hydrogen-bond acceptors (Lipinski definition) is 3. The summed E-state index contributed by atoms with van der Waals surface area (Å²) in [5, 5.41) is 0.546. The Hall–Kier alpha value is -2.52. The zero-order valence-electron chi connectivity index (χ0n) is 13.0. The predicted octanol–water partition coefficient (Wildman–Crippen LogP) is 5.19. The molecule has 114 valence electrons. The topological polar surface area (TPSA) is 30.0 Å². The van der Waals surface area contributed by atoms with Crippen LogP contribution in [0.4, 0.5) is 0 Å². The Morgan fingerprint density at radius 2 is 1.96 bits per heavy atom. The maximum atomic E-state index is 12.5. The van der Waals surface area contributed by atoms with Gasteiger partial charge in [0, 0.05) is 17.5 Å². The highest BCUT2D eigenvalue weighted by atomic mass is 32.1. The Morgan fingerprint density at radius 3 is 2.65 bits per heavy atom. The van der Waals surface area contributed by atoms with Gasteiger partial charge in [0.05, 0.1) is 0 Å². The lowest BCUT2D eigenvalue weighted by molar-refractivity contribution is 0.0992. The van der Waals surface area contributed by atoms with E-state index in [0.29, 0.717) is 11.4 Å². The monoisotopic (exact) mass is 319 g/mol. The fourth-order valence-electron chi connectivity index (χ4n) is 2.56. The van der Waals surface area contributed by atoms with Crippen molar-refractivity contribution in [3.8, 4) is 11.1 Å². The molecule has 0 unspecified atom stereocenters. The second kappa shape index (κ2) is 6.71. The number of Topliss-reactive ketones (excluding diaryl/α,β-unsaturated/α-hetero) is 1. The zero-order valence-corrected chi connectivity index (χ0v) is 13.8. The van der Waals surface area contributed by atoms with Gasteiger partial charge in [-0.15, -0.1) is 11.3 Å². The lowest BCUT2D eigenvalue weighted by atomic mass is 9.94. The van der Waals surface area contributed by atoms with Gasteiger partial charge in [0.25, 0.3) is 0 Å². The van der Waals surface area contributed by atoms with Gasteiger partial charge >= 0.3 is 0 Å². The molecule has 3 heteroatoms. The normalized spacial score (nSPS) is 10.5. The first kappa shape index (κ1) is 15.4. The molecule has 0 atom stereocenters. The average molecular weight is 319 g/mol. The van der Waals surface area contributed by atoms with E-state index in [2.05, 4.69) is 36.7 Å². The zero-order chi connectivity index (χ0) is 16.2. The number of ketones is 1. The van der Waals surface area contributed by atoms with Gasteiger partial charge in [-0.3, -0.25) is 4.79 Å². The molecule has 0 radical (unpaired) electrons. The van der Waals surface area contributed by atoms with Crippen LogP contribution in [0.1, 0.15) is 25.8 Å². The van der Waals surface area contributed by atoms with Crippen LogP contribution in [0.15, 0.2) is 61.3 Å². The Balaban J connectivity index is 1.89. The molecule has 0 saturated carbocycles. The average Bonchev–Trinajstić information content (AvgIpc) is 3.07. The van der Waals surface area contributed by atoms with Gasteiger partial charge < -0.3 is 0 Å². The van der Waals surface area contributed by atoms with Crippen LogP contribution in [0.3, 0.4) is 0 Å². The fraction of sp³-hybridized carbons (Fsp3) is 0.100. The number of rotatable bonds is 5. The third kappa shape index (κ3) is 3.30. The second-order valence-electron chi connectivity index (χ2n) is 5.33. The Bertz CT molecular complexity index is 849. The van der Waals surface area contributed by atoms with Crippen LogP contribution >= 0.6 is 11.3 Å². The minimum absolute atomic E-state index is 0.0522. The molecular weight excluding hydrogens is 302 g/mol. The first-order valence-electron chi connectivity index (χ1n) is 7.44. The first-order chi connectivity index (χ1) is 11.2. The van der Waals surface area contributed by atoms with E-state index in [1.54, 1.807) is 12.3 Å². The van der Waals surface area contributed by atoms with E-state index in [1.807, 2.05) is 30.3 Å². The summed E-state index contributed by atoms with van der Waals surface area (Å²) in [7, 11) is 0. The summed E-state index contributed by atoms with van der Waals surface area (Å²) in [4.78, 5) is 17.6. The smallest absolute Gasteiger partial charge is 0.195 e. The summed E-state index contributed by atoms with van der Waals surface area (Å²) >= 11 is 1.39. The van der Waals surface area contributed by atoms with E-state index in [9.17, 15) is 4.79 Å². The van der Waals surface area contributed by atoms with Crippen LogP contribution in [0.2, 0.25) is 0 Å². The third-order valence-electron chi connectivity index (χ3n) is 3.85. The minimum atomic E-state index is 0.0522. The highest BCUT2D eigenvalue weighted by Gasteiger charge is 2.14. The van der Waals surface area contributed by atoms with E-state index in [1.165, 1.54) is 22.5 Å². The molecule has 0 amide bonds. The van der Waals surface area contributed by atoms with Crippen molar-refractivity contribution in [1.29, 1.82) is 0 Å². The molecular formula is C20H17NOS. The van der Waals surface area contributed by atoms with Crippen LogP contribution in [-0.4, -0.2) is 10.8 Å². The van der Waals surface area contributed by atoms with Crippen LogP contribution in [0, 0.1) is 6.92 Å². The van der Waals surface area contributed by atoms with E-state index in [0.717, 1.165) is 16.0 Å². The van der Waals surface area contributed by atoms with Gasteiger partial charge in [0.1, 0.15) is 0 Å². The van der Waals surface area contributed by atoms with E-state index < -0.39 is 0 Å². The van der Waals surface area contributed by atoms with Crippen LogP contribution < -0.4 is 0 Å². The quantitative estimate of drug-likeness (QED) is 0.606. The summed E-state index contributed by atoms with van der Waals surface area (Å²) in [6, 6.07) is 16.4. The molecule has 1 aromatic heterocycles. The van der Waals surface area contributed by atoms with Crippen molar-refractivity contribution in [3.63, 3.8) is 0 Å². The molecule has 0 bridgehead atoms. The molecule has 3 rings (SSSR count). The van der Waals surface area contributed by atoms with Crippen LogP contribution in [0.25, 0.3) is 17.2 Å². The molecule has 0 aliphatic rings. The van der Waals surface area contributed by atoms with Crippen molar-refractivity contribution in [3.05, 3.63) is 82.3 Å². The van der Waals surface area contributed by atoms with Crippen LogP contribution in [0.5, 0.6) is 0 Å². The predicted molar refractivity (Wildman–Crippen MR) is 96.9 cm³/mol. The third-order valence-corrected chi connectivity index (χ3v) is 4.88. The molecule has 0 spiro atoms. The molecule has 1 heterocycles. The van der Waals surface area contributed by atoms with Crippen molar-refractivity contribution in [2.75, 3.05) is 0 Å². The fourth-order valence-corrected chi connectivity index (χ4v) is 3.27. The summed E-state index contributed by atoms with van der Waals surface area (Å²) in [6.07, 6.45) is 3.78. The Kier molecular flexibility index (Phi) is 4.49. The highest BCUT2D eigenvalue weighted by Crippen LogP contribution is 2.26. The summed E-state index contributed by atoms with van der Waals surface area (Å²) in [5.74, 6) is 0.0522. The van der Waals surface area contributed by atoms with Gasteiger partial charge in [0.2, 0.25) is 0 Å². The van der Waals surface area contributed by atoms with Gasteiger partial charge in [-0.2, -0.15) is 0 Å². The maximum Gasteiger partial charge on any atom is 0.195 e. The van der Waals surface area contributed by atoms with Gasteiger partial charge in [-0.1, -0.05) is 61.2 Å². The maximum absolute atomic E-state index is 12.5. The molecule has 2 nitrogen and oxygen atoms in total. The molecule has 0 N–H and O–H groups in total. The largest absolute Gasteiger partial charge is 0.291 e. The SMILES string of the molecule is C=Cc1cnc(C(=O)Cc2cccc(-c3ccccc3)c2C)s1. The molecule has 0 aliphatic heterocycles. The van der Waals surface area contributed by atoms with E-state index in [-0.39, 0.29) is 5.78 Å². The number of hydrogen-bond donors (Lipinski definition) is 0. The lowest BCUT2D eigenvalue weighted by Crippen LogP contribution is -2.05. The van der Waals surface area contributed by atoms with Crippen molar-refractivity contribution in [2.45, 2.75) is 13.3 Å². The van der Waals surface area contributed by atoms with Gasteiger partial charge in [-0.05, 0) is 29.2 Å². The molecule has 0 saturated heterocycles. The van der Waals surface area contributed by atoms with Crippen LogP contribution in [-0.2, 0) is 6.42 Å². The molecule has 0 aliphatic carbocycles. The molecule has 3 aromatic rings. The summed E-state index contributed by atoms with van der Waals surface area (Å²) in [5.41, 5.74) is 4.53. The van der Waals surface area contributed by atoms with Crippen molar-refractivity contribution in [2.24, 2.45) is 0 Å². The molecule has 0 fully saturated rings. The van der Waals surface area contributed by atoms with Crippen molar-refractivity contribution >= 4 is 23.2 Å². The lowest BCUT2D eigenvalue weighted by Gasteiger charge is -2.10. The molecule has 23 heavy (non-hydrogen) atoms. The minimum Gasteiger partial charge on any atom is -0.291 e. The summed E-state index contributed by atoms with van der Waals surface area (Å²) in [6.45, 7) is 5.78. The standard InChI is InChI=1S/C20H17NOS/c1-3-17-13-21-20(23-17)19(22)12-16-10-7-11-18(14(16)2)15-8-5-4-6-9-15/h3-11,13H,1,12H2,2H3. The first-order valence-corrected chi connectivity index (χ1v) is 8.26. The number of thiazole rings is 1. The van der Waals surface area contributed by atoms with E-state index >= 15 is 0 Å². The molecule has 2 aromatic carbocycles. The van der Waals surface area contributed by atoms with Crippen molar-refractivity contribution < 1.29 is 4.79 Å². The number of benzene rings is 2. The Labute approximate surface area is 140 Å². The highest BCUT2D eigenvalue weighted by molar-refractivity contribution is 7.14. The summed E-state index contributed by atoms with van der Waals surface area (Å²) < 4.78 is 0.